The predicted octanol–water partition coefficient (Wildman–Crippen LogP) is 4.01. The fourth-order valence-electron chi connectivity index (χ4n) is 1.88. The average Bonchev–Trinajstić information content (AvgIpc) is 2.37. The number of aryl methyl sites for hydroxylation is 1. The van der Waals surface area contributed by atoms with E-state index >= 15 is 0 Å². The highest BCUT2D eigenvalue weighted by atomic mass is 16.1. The Hall–Kier alpha value is -2.29. The molecule has 0 aromatic heterocycles. The number of anilines is 3. The molecule has 2 aromatic rings. The van der Waals surface area contributed by atoms with Crippen LogP contribution in [0.4, 0.5) is 17.1 Å². The summed E-state index contributed by atoms with van der Waals surface area (Å²) >= 11 is 0. The highest BCUT2D eigenvalue weighted by molar-refractivity contribution is 5.88. The van der Waals surface area contributed by atoms with Gasteiger partial charge in [0.2, 0.25) is 5.91 Å². The van der Waals surface area contributed by atoms with Crippen LogP contribution in [0.3, 0.4) is 0 Å². The summed E-state index contributed by atoms with van der Waals surface area (Å²) in [7, 11) is 0. The number of hydrogen-bond donors (Lipinski definition) is 2. The summed E-state index contributed by atoms with van der Waals surface area (Å²) in [5.41, 5.74) is 5.42. The largest absolute Gasteiger partial charge is 0.355 e. The van der Waals surface area contributed by atoms with Gasteiger partial charge in [0.05, 0.1) is 0 Å². The Labute approximate surface area is 113 Å². The molecular weight excluding hydrogens is 236 g/mol. The lowest BCUT2D eigenvalue weighted by molar-refractivity contribution is -0.114. The van der Waals surface area contributed by atoms with E-state index in [1.165, 1.54) is 18.1 Å². The molecule has 0 unspecified atom stereocenters. The van der Waals surface area contributed by atoms with Gasteiger partial charge in [-0.25, -0.2) is 0 Å². The molecule has 0 heterocycles. The third-order valence-corrected chi connectivity index (χ3v) is 3.09. The fraction of sp³-hybridized carbons (Fsp3) is 0.188. The van der Waals surface area contributed by atoms with Crippen LogP contribution in [0.2, 0.25) is 0 Å². The Bertz CT molecular complexity index is 588. The van der Waals surface area contributed by atoms with E-state index in [4.69, 9.17) is 0 Å². The molecule has 2 rings (SSSR count). The minimum atomic E-state index is -0.0600. The van der Waals surface area contributed by atoms with Gasteiger partial charge in [-0.05, 0) is 55.3 Å². The highest BCUT2D eigenvalue weighted by Gasteiger charge is 2.01. The van der Waals surface area contributed by atoms with Gasteiger partial charge in [0, 0.05) is 24.0 Å². The molecule has 0 saturated carbocycles. The molecule has 0 aliphatic carbocycles. The van der Waals surface area contributed by atoms with Crippen LogP contribution in [0.25, 0.3) is 0 Å². The summed E-state index contributed by atoms with van der Waals surface area (Å²) in [6.07, 6.45) is 0. The van der Waals surface area contributed by atoms with E-state index in [1.54, 1.807) is 0 Å². The van der Waals surface area contributed by atoms with Crippen molar-refractivity contribution in [2.24, 2.45) is 0 Å². The van der Waals surface area contributed by atoms with E-state index < -0.39 is 0 Å². The lowest BCUT2D eigenvalue weighted by Gasteiger charge is -2.12. The van der Waals surface area contributed by atoms with Crippen LogP contribution >= 0.6 is 0 Å². The highest BCUT2D eigenvalue weighted by Crippen LogP contribution is 2.23. The zero-order valence-electron chi connectivity index (χ0n) is 11.4. The molecular formula is C16H18N2O. The normalized spacial score (nSPS) is 10.1. The molecule has 3 heteroatoms. The van der Waals surface area contributed by atoms with Crippen LogP contribution in [-0.2, 0) is 4.79 Å². The maximum Gasteiger partial charge on any atom is 0.221 e. The Morgan fingerprint density at radius 2 is 1.58 bits per heavy atom. The number of hydrogen-bond acceptors (Lipinski definition) is 2. The second kappa shape index (κ2) is 5.57. The molecule has 0 atom stereocenters. The second-order valence-corrected chi connectivity index (χ2v) is 4.63. The molecule has 0 aliphatic heterocycles. The number of amides is 1. The molecule has 0 spiro atoms. The summed E-state index contributed by atoms with van der Waals surface area (Å²) in [5.74, 6) is -0.0600. The van der Waals surface area contributed by atoms with Crippen molar-refractivity contribution in [2.75, 3.05) is 10.6 Å². The summed E-state index contributed by atoms with van der Waals surface area (Å²) in [5, 5.41) is 6.13. The molecule has 2 aromatic carbocycles. The number of rotatable bonds is 3. The minimum Gasteiger partial charge on any atom is -0.355 e. The van der Waals surface area contributed by atoms with E-state index in [-0.39, 0.29) is 5.91 Å². The Balaban J connectivity index is 2.15. The van der Waals surface area contributed by atoms with E-state index in [1.807, 2.05) is 30.3 Å². The fourth-order valence-corrected chi connectivity index (χ4v) is 1.88. The van der Waals surface area contributed by atoms with Gasteiger partial charge in [-0.2, -0.15) is 0 Å². The molecule has 1 amide bonds. The first-order valence-corrected chi connectivity index (χ1v) is 6.27. The van der Waals surface area contributed by atoms with Crippen molar-refractivity contribution in [3.8, 4) is 0 Å². The Morgan fingerprint density at radius 3 is 2.21 bits per heavy atom. The summed E-state index contributed by atoms with van der Waals surface area (Å²) in [6.45, 7) is 5.70. The van der Waals surface area contributed by atoms with E-state index in [2.05, 4.69) is 36.6 Å². The predicted molar refractivity (Wildman–Crippen MR) is 79.9 cm³/mol. The molecule has 0 saturated heterocycles. The zero-order chi connectivity index (χ0) is 13.8. The molecule has 3 nitrogen and oxygen atoms in total. The van der Waals surface area contributed by atoms with E-state index in [0.717, 1.165) is 17.1 Å². The average molecular weight is 254 g/mol. The third kappa shape index (κ3) is 3.35. The quantitative estimate of drug-likeness (QED) is 0.869. The van der Waals surface area contributed by atoms with Gasteiger partial charge in [-0.3, -0.25) is 4.79 Å². The number of carbonyl (C=O) groups is 1. The molecule has 0 aliphatic rings. The van der Waals surface area contributed by atoms with Crippen LogP contribution in [0, 0.1) is 13.8 Å². The smallest absolute Gasteiger partial charge is 0.221 e. The van der Waals surface area contributed by atoms with Crippen LogP contribution in [0.5, 0.6) is 0 Å². The summed E-state index contributed by atoms with van der Waals surface area (Å²) in [4.78, 5) is 10.9. The van der Waals surface area contributed by atoms with Crippen LogP contribution in [0.1, 0.15) is 18.1 Å². The molecule has 0 bridgehead atoms. The Morgan fingerprint density at radius 1 is 0.947 bits per heavy atom. The van der Waals surface area contributed by atoms with E-state index in [0.29, 0.717) is 0 Å². The Kier molecular flexibility index (Phi) is 3.85. The van der Waals surface area contributed by atoms with Gasteiger partial charge in [0.1, 0.15) is 0 Å². The third-order valence-electron chi connectivity index (χ3n) is 3.09. The van der Waals surface area contributed by atoms with Gasteiger partial charge >= 0.3 is 0 Å². The maximum atomic E-state index is 10.9. The van der Waals surface area contributed by atoms with Crippen LogP contribution in [-0.4, -0.2) is 5.91 Å². The standard InChI is InChI=1S/C16H18N2O/c1-11-5-4-6-16(12(11)2)18-15-9-7-14(8-10-15)17-13(3)19/h4-10,18H,1-3H3,(H,17,19). The maximum absolute atomic E-state index is 10.9. The van der Waals surface area contributed by atoms with Gasteiger partial charge in [-0.15, -0.1) is 0 Å². The first kappa shape index (κ1) is 13.1. The van der Waals surface area contributed by atoms with E-state index in [9.17, 15) is 4.79 Å². The summed E-state index contributed by atoms with van der Waals surface area (Å²) in [6, 6.07) is 13.9. The van der Waals surface area contributed by atoms with Crippen LogP contribution < -0.4 is 10.6 Å². The van der Waals surface area contributed by atoms with Crippen molar-refractivity contribution in [3.63, 3.8) is 0 Å². The lowest BCUT2D eigenvalue weighted by atomic mass is 10.1. The van der Waals surface area contributed by atoms with Crippen molar-refractivity contribution in [3.05, 3.63) is 53.6 Å². The molecule has 0 fully saturated rings. The molecule has 19 heavy (non-hydrogen) atoms. The van der Waals surface area contributed by atoms with Gasteiger partial charge in [-0.1, -0.05) is 12.1 Å². The second-order valence-electron chi connectivity index (χ2n) is 4.63. The van der Waals surface area contributed by atoms with Crippen molar-refractivity contribution >= 4 is 23.0 Å². The topological polar surface area (TPSA) is 41.1 Å². The van der Waals surface area contributed by atoms with Gasteiger partial charge in [0.15, 0.2) is 0 Å². The number of carbonyl (C=O) groups excluding carboxylic acids is 1. The van der Waals surface area contributed by atoms with Crippen LogP contribution in [0.15, 0.2) is 42.5 Å². The molecule has 2 N–H and O–H groups in total. The van der Waals surface area contributed by atoms with Crippen molar-refractivity contribution < 1.29 is 4.79 Å². The number of nitrogens with one attached hydrogen (secondary N) is 2. The first-order chi connectivity index (χ1) is 9.06. The van der Waals surface area contributed by atoms with Crippen molar-refractivity contribution in [2.45, 2.75) is 20.8 Å². The van der Waals surface area contributed by atoms with Crippen molar-refractivity contribution in [1.82, 2.24) is 0 Å². The monoisotopic (exact) mass is 254 g/mol. The number of benzene rings is 2. The van der Waals surface area contributed by atoms with Gasteiger partial charge < -0.3 is 10.6 Å². The molecule has 0 radical (unpaired) electrons. The van der Waals surface area contributed by atoms with Crippen molar-refractivity contribution in [1.29, 1.82) is 0 Å². The molecule has 98 valence electrons. The minimum absolute atomic E-state index is 0.0600. The SMILES string of the molecule is CC(=O)Nc1ccc(Nc2cccc(C)c2C)cc1. The zero-order valence-corrected chi connectivity index (χ0v) is 11.4. The first-order valence-electron chi connectivity index (χ1n) is 6.27. The lowest BCUT2D eigenvalue weighted by Crippen LogP contribution is -2.05. The summed E-state index contributed by atoms with van der Waals surface area (Å²) < 4.78 is 0. The van der Waals surface area contributed by atoms with Gasteiger partial charge in [0.25, 0.3) is 0 Å².